The fourth-order valence-corrected chi connectivity index (χ4v) is 1.67. The summed E-state index contributed by atoms with van der Waals surface area (Å²) >= 11 is 8.72. The molecule has 0 fully saturated rings. The molecule has 0 bridgehead atoms. The molecule has 1 aromatic rings. The van der Waals surface area contributed by atoms with Gasteiger partial charge in [-0.1, -0.05) is 28.1 Å². The van der Waals surface area contributed by atoms with Crippen molar-refractivity contribution in [3.05, 3.63) is 34.3 Å². The Labute approximate surface area is 108 Å². The molecule has 2 N–H and O–H groups in total. The SMILES string of the molecule is O=C(CCl)NC(CO)Cc1ccc(Br)cc1. The topological polar surface area (TPSA) is 49.3 Å². The predicted molar refractivity (Wildman–Crippen MR) is 67.6 cm³/mol. The maximum Gasteiger partial charge on any atom is 0.235 e. The van der Waals surface area contributed by atoms with Crippen LogP contribution in [-0.4, -0.2) is 29.5 Å². The first-order valence-electron chi connectivity index (χ1n) is 4.86. The summed E-state index contributed by atoms with van der Waals surface area (Å²) in [5.41, 5.74) is 1.05. The molecule has 88 valence electrons. The van der Waals surface area contributed by atoms with Gasteiger partial charge in [-0.2, -0.15) is 0 Å². The minimum Gasteiger partial charge on any atom is -0.394 e. The highest BCUT2D eigenvalue weighted by atomic mass is 79.9. The zero-order chi connectivity index (χ0) is 12.0. The number of carbonyl (C=O) groups is 1. The molecule has 0 heterocycles. The van der Waals surface area contributed by atoms with E-state index in [2.05, 4.69) is 21.2 Å². The number of amides is 1. The summed E-state index contributed by atoms with van der Waals surface area (Å²) in [6.45, 7) is -0.0985. The quantitative estimate of drug-likeness (QED) is 0.814. The highest BCUT2D eigenvalue weighted by molar-refractivity contribution is 9.10. The first-order chi connectivity index (χ1) is 7.65. The summed E-state index contributed by atoms with van der Waals surface area (Å²) in [7, 11) is 0. The molecule has 0 aliphatic heterocycles. The van der Waals surface area contributed by atoms with Crippen LogP contribution < -0.4 is 5.32 Å². The van der Waals surface area contributed by atoms with Crippen molar-refractivity contribution in [2.45, 2.75) is 12.5 Å². The third-order valence-corrected chi connectivity index (χ3v) is 2.87. The average Bonchev–Trinajstić information content (AvgIpc) is 2.30. The van der Waals surface area contributed by atoms with E-state index in [1.54, 1.807) is 0 Å². The van der Waals surface area contributed by atoms with Gasteiger partial charge in [0.05, 0.1) is 12.6 Å². The Morgan fingerprint density at radius 2 is 2.06 bits per heavy atom. The second-order valence-electron chi connectivity index (χ2n) is 3.41. The van der Waals surface area contributed by atoms with Gasteiger partial charge >= 0.3 is 0 Å². The summed E-state index contributed by atoms with van der Waals surface area (Å²) in [6.07, 6.45) is 0.590. The first kappa shape index (κ1) is 13.5. The third-order valence-electron chi connectivity index (χ3n) is 2.10. The number of nitrogens with one attached hydrogen (secondary N) is 1. The number of carbonyl (C=O) groups excluding carboxylic acids is 1. The molecular formula is C11H13BrClNO2. The summed E-state index contributed by atoms with van der Waals surface area (Å²) in [5, 5.41) is 11.8. The highest BCUT2D eigenvalue weighted by Crippen LogP contribution is 2.11. The van der Waals surface area contributed by atoms with Gasteiger partial charge in [-0.25, -0.2) is 0 Å². The summed E-state index contributed by atoms with van der Waals surface area (Å²) < 4.78 is 1.00. The Hall–Kier alpha value is -0.580. The van der Waals surface area contributed by atoms with E-state index < -0.39 is 0 Å². The first-order valence-corrected chi connectivity index (χ1v) is 6.19. The molecule has 1 amide bonds. The maximum absolute atomic E-state index is 11.1. The van der Waals surface area contributed by atoms with Crippen molar-refractivity contribution in [1.29, 1.82) is 0 Å². The van der Waals surface area contributed by atoms with Gasteiger partial charge in [0, 0.05) is 4.47 Å². The van der Waals surface area contributed by atoms with Crippen LogP contribution in [0.25, 0.3) is 0 Å². The molecular weight excluding hydrogens is 293 g/mol. The fourth-order valence-electron chi connectivity index (χ4n) is 1.33. The van der Waals surface area contributed by atoms with E-state index in [1.807, 2.05) is 24.3 Å². The monoisotopic (exact) mass is 305 g/mol. The van der Waals surface area contributed by atoms with Crippen molar-refractivity contribution >= 4 is 33.4 Å². The van der Waals surface area contributed by atoms with Crippen LogP contribution in [0.4, 0.5) is 0 Å². The van der Waals surface area contributed by atoms with Crippen molar-refractivity contribution < 1.29 is 9.90 Å². The molecule has 3 nitrogen and oxygen atoms in total. The lowest BCUT2D eigenvalue weighted by Crippen LogP contribution is -2.39. The molecule has 1 unspecified atom stereocenters. The molecule has 1 rings (SSSR count). The van der Waals surface area contributed by atoms with Crippen molar-refractivity contribution in [2.24, 2.45) is 0 Å². The van der Waals surface area contributed by atoms with E-state index in [9.17, 15) is 4.79 Å². The molecule has 0 aliphatic carbocycles. The second kappa shape index (κ2) is 6.89. The van der Waals surface area contributed by atoms with Gasteiger partial charge in [0.1, 0.15) is 5.88 Å². The van der Waals surface area contributed by atoms with Crippen molar-refractivity contribution in [3.63, 3.8) is 0 Å². The smallest absolute Gasteiger partial charge is 0.235 e. The number of hydrogen-bond acceptors (Lipinski definition) is 2. The summed E-state index contributed by atoms with van der Waals surface area (Å²) in [4.78, 5) is 11.1. The number of alkyl halides is 1. The number of aliphatic hydroxyl groups excluding tert-OH is 1. The van der Waals surface area contributed by atoms with Crippen LogP contribution in [0.1, 0.15) is 5.56 Å². The van der Waals surface area contributed by atoms with Crippen molar-refractivity contribution in [1.82, 2.24) is 5.32 Å². The second-order valence-corrected chi connectivity index (χ2v) is 4.59. The number of rotatable bonds is 5. The summed E-state index contributed by atoms with van der Waals surface area (Å²) in [5.74, 6) is -0.352. The molecule has 0 spiro atoms. The van der Waals surface area contributed by atoms with Crippen molar-refractivity contribution in [3.8, 4) is 0 Å². The van der Waals surface area contributed by atoms with Crippen molar-refractivity contribution in [2.75, 3.05) is 12.5 Å². The van der Waals surface area contributed by atoms with Crippen LogP contribution in [0.15, 0.2) is 28.7 Å². The molecule has 0 aromatic heterocycles. The van der Waals surface area contributed by atoms with Crippen LogP contribution in [0.2, 0.25) is 0 Å². The van der Waals surface area contributed by atoms with Crippen LogP contribution in [0.5, 0.6) is 0 Å². The van der Waals surface area contributed by atoms with E-state index in [1.165, 1.54) is 0 Å². The Bertz CT molecular complexity index is 342. The van der Waals surface area contributed by atoms with E-state index in [-0.39, 0.29) is 24.4 Å². The Morgan fingerprint density at radius 1 is 1.44 bits per heavy atom. The van der Waals surface area contributed by atoms with Gasteiger partial charge < -0.3 is 10.4 Å². The van der Waals surface area contributed by atoms with Crippen LogP contribution in [0, 0.1) is 0 Å². The van der Waals surface area contributed by atoms with E-state index in [0.717, 1.165) is 10.0 Å². The number of benzene rings is 1. The van der Waals surface area contributed by atoms with Crippen LogP contribution >= 0.6 is 27.5 Å². The van der Waals surface area contributed by atoms with Gasteiger partial charge in [0.25, 0.3) is 0 Å². The lowest BCUT2D eigenvalue weighted by molar-refractivity contribution is -0.119. The highest BCUT2D eigenvalue weighted by Gasteiger charge is 2.11. The molecule has 16 heavy (non-hydrogen) atoms. The zero-order valence-electron chi connectivity index (χ0n) is 8.62. The minimum absolute atomic E-state index is 0.0865. The van der Waals surface area contributed by atoms with E-state index >= 15 is 0 Å². The molecule has 0 aliphatic rings. The molecule has 0 saturated heterocycles. The van der Waals surface area contributed by atoms with Gasteiger partial charge in [0.15, 0.2) is 0 Å². The minimum atomic E-state index is -0.285. The normalized spacial score (nSPS) is 12.2. The number of hydrogen-bond donors (Lipinski definition) is 2. The molecule has 5 heteroatoms. The van der Waals surface area contributed by atoms with Gasteiger partial charge in [-0.15, -0.1) is 11.6 Å². The van der Waals surface area contributed by atoms with E-state index in [4.69, 9.17) is 16.7 Å². The third kappa shape index (κ3) is 4.51. The average molecular weight is 307 g/mol. The predicted octanol–water partition coefficient (Wildman–Crippen LogP) is 1.71. The number of aliphatic hydroxyl groups is 1. The van der Waals surface area contributed by atoms with Crippen LogP contribution in [-0.2, 0) is 11.2 Å². The molecule has 1 atom stereocenters. The van der Waals surface area contributed by atoms with Gasteiger partial charge in [0.2, 0.25) is 5.91 Å². The molecule has 0 saturated carbocycles. The molecule has 1 aromatic carbocycles. The zero-order valence-corrected chi connectivity index (χ0v) is 11.0. The Morgan fingerprint density at radius 3 is 2.56 bits per heavy atom. The Balaban J connectivity index is 2.56. The standard InChI is InChI=1S/C11H13BrClNO2/c12-9-3-1-8(2-4-9)5-10(7-15)14-11(16)6-13/h1-4,10,15H,5-7H2,(H,14,16). The Kier molecular flexibility index (Phi) is 5.80. The lowest BCUT2D eigenvalue weighted by atomic mass is 10.1. The van der Waals surface area contributed by atoms with Gasteiger partial charge in [-0.3, -0.25) is 4.79 Å². The number of halogens is 2. The summed E-state index contributed by atoms with van der Waals surface area (Å²) in [6, 6.07) is 7.45. The largest absolute Gasteiger partial charge is 0.394 e. The van der Waals surface area contributed by atoms with E-state index in [0.29, 0.717) is 6.42 Å². The fraction of sp³-hybridized carbons (Fsp3) is 0.364. The maximum atomic E-state index is 11.1. The molecule has 0 radical (unpaired) electrons. The lowest BCUT2D eigenvalue weighted by Gasteiger charge is -2.15. The van der Waals surface area contributed by atoms with Crippen LogP contribution in [0.3, 0.4) is 0 Å². The van der Waals surface area contributed by atoms with Gasteiger partial charge in [-0.05, 0) is 24.1 Å².